The number of carbonyl (C=O) groups is 1. The van der Waals surface area contributed by atoms with Crippen LogP contribution in [0.1, 0.15) is 31.9 Å². The fourth-order valence-corrected chi connectivity index (χ4v) is 1.73. The van der Waals surface area contributed by atoms with E-state index in [0.717, 1.165) is 11.1 Å². The van der Waals surface area contributed by atoms with E-state index in [0.29, 0.717) is 12.4 Å². The third-order valence-corrected chi connectivity index (χ3v) is 2.81. The standard InChI is InChI=1S/C14H20O3/c1-6-17-13(15)14(3,4)11-9-10(2)7-8-12(11)16-5/h7-9H,6H2,1-5H3. The number of methoxy groups -OCH3 is 1. The van der Waals surface area contributed by atoms with Crippen molar-refractivity contribution >= 4 is 5.97 Å². The van der Waals surface area contributed by atoms with E-state index in [2.05, 4.69) is 0 Å². The highest BCUT2D eigenvalue weighted by molar-refractivity contribution is 5.83. The number of rotatable bonds is 4. The summed E-state index contributed by atoms with van der Waals surface area (Å²) in [6, 6.07) is 5.81. The van der Waals surface area contributed by atoms with Crippen LogP contribution in [-0.4, -0.2) is 19.7 Å². The number of benzene rings is 1. The molecule has 1 rings (SSSR count). The van der Waals surface area contributed by atoms with Gasteiger partial charge in [0.1, 0.15) is 5.75 Å². The molecule has 3 heteroatoms. The van der Waals surface area contributed by atoms with Gasteiger partial charge < -0.3 is 9.47 Å². The molecular weight excluding hydrogens is 216 g/mol. The Kier molecular flexibility index (Phi) is 4.16. The van der Waals surface area contributed by atoms with Gasteiger partial charge in [0.2, 0.25) is 0 Å². The second-order valence-electron chi connectivity index (χ2n) is 4.55. The molecule has 17 heavy (non-hydrogen) atoms. The Balaban J connectivity index is 3.21. The maximum Gasteiger partial charge on any atom is 0.316 e. The lowest BCUT2D eigenvalue weighted by molar-refractivity contribution is -0.148. The Morgan fingerprint density at radius 3 is 2.53 bits per heavy atom. The second kappa shape index (κ2) is 5.21. The van der Waals surface area contributed by atoms with Gasteiger partial charge in [-0.05, 0) is 33.8 Å². The van der Waals surface area contributed by atoms with Gasteiger partial charge in [-0.15, -0.1) is 0 Å². The first-order valence-corrected chi connectivity index (χ1v) is 5.75. The van der Waals surface area contributed by atoms with E-state index in [-0.39, 0.29) is 5.97 Å². The molecule has 0 saturated heterocycles. The van der Waals surface area contributed by atoms with Crippen LogP contribution >= 0.6 is 0 Å². The van der Waals surface area contributed by atoms with Crippen LogP contribution in [0.5, 0.6) is 5.75 Å². The predicted octanol–water partition coefficient (Wildman–Crippen LogP) is 2.84. The van der Waals surface area contributed by atoms with Crippen LogP contribution in [0.2, 0.25) is 0 Å². The average molecular weight is 236 g/mol. The lowest BCUT2D eigenvalue weighted by Crippen LogP contribution is -2.31. The second-order valence-corrected chi connectivity index (χ2v) is 4.55. The van der Waals surface area contributed by atoms with Crippen molar-refractivity contribution in [2.24, 2.45) is 0 Å². The molecule has 0 amide bonds. The van der Waals surface area contributed by atoms with Crippen LogP contribution in [0, 0.1) is 6.92 Å². The van der Waals surface area contributed by atoms with Gasteiger partial charge in [-0.3, -0.25) is 4.79 Å². The molecule has 0 unspecified atom stereocenters. The van der Waals surface area contributed by atoms with Crippen LogP contribution in [0.3, 0.4) is 0 Å². The van der Waals surface area contributed by atoms with Crippen LogP contribution < -0.4 is 4.74 Å². The molecule has 0 spiro atoms. The largest absolute Gasteiger partial charge is 0.496 e. The first-order chi connectivity index (χ1) is 7.93. The highest BCUT2D eigenvalue weighted by atomic mass is 16.5. The zero-order valence-electron chi connectivity index (χ0n) is 11.2. The van der Waals surface area contributed by atoms with E-state index in [1.807, 2.05) is 39.0 Å². The van der Waals surface area contributed by atoms with Crippen molar-refractivity contribution in [2.45, 2.75) is 33.1 Å². The summed E-state index contributed by atoms with van der Waals surface area (Å²) in [5.74, 6) is 0.484. The van der Waals surface area contributed by atoms with Gasteiger partial charge in [-0.2, -0.15) is 0 Å². The Labute approximate surface area is 103 Å². The van der Waals surface area contributed by atoms with Gasteiger partial charge in [-0.1, -0.05) is 17.7 Å². The quantitative estimate of drug-likeness (QED) is 0.754. The minimum Gasteiger partial charge on any atom is -0.496 e. The van der Waals surface area contributed by atoms with Crippen molar-refractivity contribution in [1.29, 1.82) is 0 Å². The summed E-state index contributed by atoms with van der Waals surface area (Å²) < 4.78 is 10.4. The van der Waals surface area contributed by atoms with Crippen molar-refractivity contribution in [3.63, 3.8) is 0 Å². The molecule has 0 aliphatic rings. The zero-order valence-corrected chi connectivity index (χ0v) is 11.2. The topological polar surface area (TPSA) is 35.5 Å². The summed E-state index contributed by atoms with van der Waals surface area (Å²) in [6.45, 7) is 7.88. The summed E-state index contributed by atoms with van der Waals surface area (Å²) in [7, 11) is 1.61. The van der Waals surface area contributed by atoms with Crippen molar-refractivity contribution in [1.82, 2.24) is 0 Å². The van der Waals surface area contributed by atoms with E-state index in [1.165, 1.54) is 0 Å². The highest BCUT2D eigenvalue weighted by Gasteiger charge is 2.34. The molecule has 0 aliphatic carbocycles. The van der Waals surface area contributed by atoms with Crippen molar-refractivity contribution in [3.05, 3.63) is 29.3 Å². The molecule has 0 saturated carbocycles. The number of hydrogen-bond donors (Lipinski definition) is 0. The van der Waals surface area contributed by atoms with E-state index < -0.39 is 5.41 Å². The van der Waals surface area contributed by atoms with Gasteiger partial charge in [0, 0.05) is 5.56 Å². The molecule has 0 aromatic heterocycles. The summed E-state index contributed by atoms with van der Waals surface area (Å²) in [6.07, 6.45) is 0. The van der Waals surface area contributed by atoms with Gasteiger partial charge in [-0.25, -0.2) is 0 Å². The highest BCUT2D eigenvalue weighted by Crippen LogP contribution is 2.33. The molecule has 0 heterocycles. The lowest BCUT2D eigenvalue weighted by Gasteiger charge is -2.25. The normalized spacial score (nSPS) is 11.1. The maximum absolute atomic E-state index is 12.0. The van der Waals surface area contributed by atoms with Crippen molar-refractivity contribution < 1.29 is 14.3 Å². The fourth-order valence-electron chi connectivity index (χ4n) is 1.73. The molecule has 0 bridgehead atoms. The third kappa shape index (κ3) is 2.78. The minimum atomic E-state index is -0.701. The van der Waals surface area contributed by atoms with Gasteiger partial charge >= 0.3 is 5.97 Å². The molecular formula is C14H20O3. The first-order valence-electron chi connectivity index (χ1n) is 5.75. The van der Waals surface area contributed by atoms with Crippen LogP contribution in [0.4, 0.5) is 0 Å². The van der Waals surface area contributed by atoms with Crippen molar-refractivity contribution in [3.8, 4) is 5.75 Å². The number of esters is 1. The van der Waals surface area contributed by atoms with E-state index in [1.54, 1.807) is 14.0 Å². The first kappa shape index (κ1) is 13.6. The van der Waals surface area contributed by atoms with Crippen LogP contribution in [0.15, 0.2) is 18.2 Å². The van der Waals surface area contributed by atoms with Gasteiger partial charge in [0.05, 0.1) is 19.1 Å². The molecule has 0 aliphatic heterocycles. The van der Waals surface area contributed by atoms with E-state index in [4.69, 9.17) is 9.47 Å². The molecule has 0 atom stereocenters. The SMILES string of the molecule is CCOC(=O)C(C)(C)c1cc(C)ccc1OC. The smallest absolute Gasteiger partial charge is 0.316 e. The number of hydrogen-bond acceptors (Lipinski definition) is 3. The Morgan fingerprint density at radius 1 is 1.35 bits per heavy atom. The molecule has 0 N–H and O–H groups in total. The molecule has 0 radical (unpaired) electrons. The average Bonchev–Trinajstić information content (AvgIpc) is 2.29. The minimum absolute atomic E-state index is 0.232. The van der Waals surface area contributed by atoms with E-state index in [9.17, 15) is 4.79 Å². The van der Waals surface area contributed by atoms with E-state index >= 15 is 0 Å². The summed E-state index contributed by atoms with van der Waals surface area (Å²) in [4.78, 5) is 12.0. The molecule has 3 nitrogen and oxygen atoms in total. The Morgan fingerprint density at radius 2 is 2.00 bits per heavy atom. The van der Waals surface area contributed by atoms with Crippen molar-refractivity contribution in [2.75, 3.05) is 13.7 Å². The van der Waals surface area contributed by atoms with Crippen LogP contribution in [0.25, 0.3) is 0 Å². The number of carbonyl (C=O) groups excluding carboxylic acids is 1. The van der Waals surface area contributed by atoms with Gasteiger partial charge in [0.15, 0.2) is 0 Å². The molecule has 1 aromatic rings. The Bertz CT molecular complexity index is 408. The van der Waals surface area contributed by atoms with Gasteiger partial charge in [0.25, 0.3) is 0 Å². The fraction of sp³-hybridized carbons (Fsp3) is 0.500. The molecule has 94 valence electrons. The number of aryl methyl sites for hydroxylation is 1. The summed E-state index contributed by atoms with van der Waals surface area (Å²) in [5.41, 5.74) is 1.25. The monoisotopic (exact) mass is 236 g/mol. The summed E-state index contributed by atoms with van der Waals surface area (Å²) >= 11 is 0. The maximum atomic E-state index is 12.0. The molecule has 0 fully saturated rings. The summed E-state index contributed by atoms with van der Waals surface area (Å²) in [5, 5.41) is 0. The zero-order chi connectivity index (χ0) is 13.1. The predicted molar refractivity (Wildman–Crippen MR) is 67.4 cm³/mol. The van der Waals surface area contributed by atoms with Crippen LogP contribution in [-0.2, 0) is 14.9 Å². The lowest BCUT2D eigenvalue weighted by atomic mass is 9.83. The number of ether oxygens (including phenoxy) is 2. The third-order valence-electron chi connectivity index (χ3n) is 2.81. The molecule has 1 aromatic carbocycles. The Hall–Kier alpha value is -1.51.